The van der Waals surface area contributed by atoms with Gasteiger partial charge in [-0.2, -0.15) is 0 Å². The normalized spacial score (nSPS) is 10.1. The molecule has 0 aliphatic carbocycles. The van der Waals surface area contributed by atoms with Crippen molar-refractivity contribution in [3.05, 3.63) is 58.6 Å². The van der Waals surface area contributed by atoms with E-state index in [9.17, 15) is 0 Å². The van der Waals surface area contributed by atoms with E-state index in [0.717, 1.165) is 27.5 Å². The second-order valence-corrected chi connectivity index (χ2v) is 4.83. The predicted octanol–water partition coefficient (Wildman–Crippen LogP) is 4.03. The van der Waals surface area contributed by atoms with Crippen LogP contribution in [0.2, 0.25) is 5.02 Å². The number of rotatable bonds is 3. The summed E-state index contributed by atoms with van der Waals surface area (Å²) in [6, 6.07) is 13.4. The van der Waals surface area contributed by atoms with E-state index in [2.05, 4.69) is 5.32 Å². The molecule has 2 rings (SSSR count). The lowest BCUT2D eigenvalue weighted by molar-refractivity contribution is 1.43. The molecule has 0 spiro atoms. The highest BCUT2D eigenvalue weighted by Crippen LogP contribution is 2.26. The summed E-state index contributed by atoms with van der Waals surface area (Å²) in [5, 5.41) is 4.06. The van der Waals surface area contributed by atoms with Gasteiger partial charge in [-0.15, -0.1) is 0 Å². The Labute approximate surface area is 117 Å². The molecule has 2 nitrogen and oxygen atoms in total. The molecule has 0 bridgehead atoms. The number of thiocarbonyl (C=S) groups is 1. The summed E-state index contributed by atoms with van der Waals surface area (Å²) in [4.78, 5) is 0.403. The summed E-state index contributed by atoms with van der Waals surface area (Å²) in [7, 11) is 0. The summed E-state index contributed by atoms with van der Waals surface area (Å²) >= 11 is 11.0. The molecule has 0 saturated carbocycles. The van der Waals surface area contributed by atoms with E-state index >= 15 is 0 Å². The van der Waals surface area contributed by atoms with Gasteiger partial charge in [-0.05, 0) is 48.9 Å². The fraction of sp³-hybridized carbons (Fsp3) is 0.0714. The average molecular weight is 277 g/mol. The lowest BCUT2D eigenvalue weighted by Gasteiger charge is -2.11. The minimum Gasteiger partial charge on any atom is -0.389 e. The molecule has 92 valence electrons. The Hall–Kier alpha value is -1.58. The van der Waals surface area contributed by atoms with Crippen LogP contribution in [0.15, 0.2) is 42.5 Å². The molecule has 4 heteroatoms. The Morgan fingerprint density at radius 1 is 1.17 bits per heavy atom. The molecule has 0 aromatic heterocycles. The minimum absolute atomic E-state index is 0.403. The van der Waals surface area contributed by atoms with Crippen molar-refractivity contribution in [2.24, 2.45) is 5.73 Å². The fourth-order valence-corrected chi connectivity index (χ4v) is 1.93. The molecule has 0 amide bonds. The molecule has 0 fully saturated rings. The Morgan fingerprint density at radius 2 is 1.83 bits per heavy atom. The SMILES string of the molecule is Cc1c(Cl)cccc1Nc1ccc(C(N)=S)cc1. The number of hydrogen-bond donors (Lipinski definition) is 2. The Bertz CT molecular complexity index is 579. The predicted molar refractivity (Wildman–Crippen MR) is 81.8 cm³/mol. The molecule has 0 atom stereocenters. The van der Waals surface area contributed by atoms with Crippen LogP contribution in [-0.4, -0.2) is 4.99 Å². The van der Waals surface area contributed by atoms with Crippen molar-refractivity contribution in [2.45, 2.75) is 6.92 Å². The maximum absolute atomic E-state index is 6.07. The monoisotopic (exact) mass is 276 g/mol. The molecule has 18 heavy (non-hydrogen) atoms. The molecule has 2 aromatic carbocycles. The highest BCUT2D eigenvalue weighted by atomic mass is 35.5. The molecular weight excluding hydrogens is 264 g/mol. The Morgan fingerprint density at radius 3 is 2.44 bits per heavy atom. The van der Waals surface area contributed by atoms with Crippen LogP contribution in [0.1, 0.15) is 11.1 Å². The molecule has 0 aliphatic heterocycles. The molecular formula is C14H13ClN2S. The average Bonchev–Trinajstić information content (AvgIpc) is 2.36. The van der Waals surface area contributed by atoms with E-state index in [4.69, 9.17) is 29.6 Å². The van der Waals surface area contributed by atoms with E-state index in [1.807, 2.05) is 49.4 Å². The summed E-state index contributed by atoms with van der Waals surface area (Å²) in [6.07, 6.45) is 0. The highest BCUT2D eigenvalue weighted by Gasteiger charge is 2.02. The quantitative estimate of drug-likeness (QED) is 0.832. The fourth-order valence-electron chi connectivity index (χ4n) is 1.62. The van der Waals surface area contributed by atoms with Crippen LogP contribution in [0, 0.1) is 6.92 Å². The smallest absolute Gasteiger partial charge is 0.103 e. The van der Waals surface area contributed by atoms with Crippen LogP contribution in [0.3, 0.4) is 0 Å². The first kappa shape index (κ1) is 12.9. The molecule has 3 N–H and O–H groups in total. The summed E-state index contributed by atoms with van der Waals surface area (Å²) in [5.74, 6) is 0. The van der Waals surface area contributed by atoms with Crippen LogP contribution in [0.4, 0.5) is 11.4 Å². The van der Waals surface area contributed by atoms with Crippen LogP contribution in [0.25, 0.3) is 0 Å². The van der Waals surface area contributed by atoms with E-state index < -0.39 is 0 Å². The van der Waals surface area contributed by atoms with Crippen LogP contribution < -0.4 is 11.1 Å². The third-order valence-electron chi connectivity index (χ3n) is 2.72. The Balaban J connectivity index is 2.24. The van der Waals surface area contributed by atoms with Crippen molar-refractivity contribution in [3.63, 3.8) is 0 Å². The van der Waals surface area contributed by atoms with Gasteiger partial charge in [0.05, 0.1) is 0 Å². The molecule has 0 aliphatic rings. The number of halogens is 1. The van der Waals surface area contributed by atoms with Gasteiger partial charge in [0.25, 0.3) is 0 Å². The molecule has 2 aromatic rings. The van der Waals surface area contributed by atoms with Crippen molar-refractivity contribution in [1.29, 1.82) is 0 Å². The van der Waals surface area contributed by atoms with Gasteiger partial charge in [0.2, 0.25) is 0 Å². The molecule has 0 heterocycles. The van der Waals surface area contributed by atoms with Gasteiger partial charge < -0.3 is 11.1 Å². The van der Waals surface area contributed by atoms with Crippen molar-refractivity contribution in [3.8, 4) is 0 Å². The third-order valence-corrected chi connectivity index (χ3v) is 3.36. The molecule has 0 saturated heterocycles. The number of hydrogen-bond acceptors (Lipinski definition) is 2. The van der Waals surface area contributed by atoms with Gasteiger partial charge in [0.15, 0.2) is 0 Å². The van der Waals surface area contributed by atoms with Crippen molar-refractivity contribution >= 4 is 40.2 Å². The Kier molecular flexibility index (Phi) is 3.84. The minimum atomic E-state index is 0.403. The summed E-state index contributed by atoms with van der Waals surface area (Å²) in [5.41, 5.74) is 9.40. The second-order valence-electron chi connectivity index (χ2n) is 3.98. The van der Waals surface area contributed by atoms with Crippen molar-refractivity contribution in [2.75, 3.05) is 5.32 Å². The van der Waals surface area contributed by atoms with Crippen molar-refractivity contribution < 1.29 is 0 Å². The zero-order chi connectivity index (χ0) is 13.1. The first-order valence-corrected chi connectivity index (χ1v) is 6.28. The number of nitrogens with one attached hydrogen (secondary N) is 1. The second kappa shape index (κ2) is 5.38. The number of anilines is 2. The summed E-state index contributed by atoms with van der Waals surface area (Å²) in [6.45, 7) is 1.98. The van der Waals surface area contributed by atoms with Crippen LogP contribution >= 0.6 is 23.8 Å². The third kappa shape index (κ3) is 2.81. The number of nitrogens with two attached hydrogens (primary N) is 1. The van der Waals surface area contributed by atoms with E-state index in [0.29, 0.717) is 4.99 Å². The topological polar surface area (TPSA) is 38.0 Å². The van der Waals surface area contributed by atoms with Gasteiger partial charge in [0.1, 0.15) is 4.99 Å². The highest BCUT2D eigenvalue weighted by molar-refractivity contribution is 7.80. The van der Waals surface area contributed by atoms with Gasteiger partial charge >= 0.3 is 0 Å². The standard InChI is InChI=1S/C14H13ClN2S/c1-9-12(15)3-2-4-13(9)17-11-7-5-10(6-8-11)14(16)18/h2-8,17H,1H3,(H2,16,18). The van der Waals surface area contributed by atoms with Gasteiger partial charge in [-0.25, -0.2) is 0 Å². The van der Waals surface area contributed by atoms with Gasteiger partial charge in [-0.1, -0.05) is 29.9 Å². The van der Waals surface area contributed by atoms with Crippen LogP contribution in [-0.2, 0) is 0 Å². The molecule has 0 radical (unpaired) electrons. The molecule has 0 unspecified atom stereocenters. The first-order valence-electron chi connectivity index (χ1n) is 5.50. The zero-order valence-electron chi connectivity index (χ0n) is 9.91. The van der Waals surface area contributed by atoms with Crippen molar-refractivity contribution in [1.82, 2.24) is 0 Å². The number of benzene rings is 2. The largest absolute Gasteiger partial charge is 0.389 e. The summed E-state index contributed by atoms with van der Waals surface area (Å²) < 4.78 is 0. The van der Waals surface area contributed by atoms with Gasteiger partial charge in [0, 0.05) is 22.0 Å². The van der Waals surface area contributed by atoms with Gasteiger partial charge in [-0.3, -0.25) is 0 Å². The van der Waals surface area contributed by atoms with E-state index in [1.54, 1.807) is 0 Å². The van der Waals surface area contributed by atoms with Crippen LogP contribution in [0.5, 0.6) is 0 Å². The lowest BCUT2D eigenvalue weighted by Crippen LogP contribution is -2.08. The maximum Gasteiger partial charge on any atom is 0.103 e. The van der Waals surface area contributed by atoms with E-state index in [1.165, 1.54) is 0 Å². The van der Waals surface area contributed by atoms with E-state index in [-0.39, 0.29) is 0 Å². The lowest BCUT2D eigenvalue weighted by atomic mass is 10.1. The maximum atomic E-state index is 6.07. The zero-order valence-corrected chi connectivity index (χ0v) is 11.5. The first-order chi connectivity index (χ1) is 8.58.